The van der Waals surface area contributed by atoms with Crippen LogP contribution in [0.4, 0.5) is 5.82 Å². The molecule has 5 heteroatoms. The summed E-state index contributed by atoms with van der Waals surface area (Å²) < 4.78 is 1.81. The van der Waals surface area contributed by atoms with Crippen LogP contribution in [0.25, 0.3) is 5.65 Å². The molecular weight excluding hydrogens is 226 g/mol. The molecule has 0 aromatic carbocycles. The van der Waals surface area contributed by atoms with Gasteiger partial charge in [0.25, 0.3) is 0 Å². The minimum atomic E-state index is 0.618. The quantitative estimate of drug-likeness (QED) is 0.640. The first kappa shape index (κ1) is 11.5. The molecule has 2 aromatic rings. The molecule has 5 nitrogen and oxygen atoms in total. The van der Waals surface area contributed by atoms with Crippen molar-refractivity contribution in [2.24, 2.45) is 5.84 Å². The largest absolute Gasteiger partial charge is 0.308 e. The highest BCUT2D eigenvalue weighted by atomic mass is 15.4. The number of rotatable bonds is 4. The van der Waals surface area contributed by atoms with Crippen molar-refractivity contribution in [2.45, 2.75) is 44.9 Å². The molecule has 3 rings (SSSR count). The van der Waals surface area contributed by atoms with E-state index < -0.39 is 0 Å². The summed E-state index contributed by atoms with van der Waals surface area (Å²) in [6.07, 6.45) is 5.86. The van der Waals surface area contributed by atoms with E-state index in [1.807, 2.05) is 10.6 Å². The molecule has 0 spiro atoms. The maximum atomic E-state index is 5.57. The van der Waals surface area contributed by atoms with Crippen molar-refractivity contribution in [1.29, 1.82) is 0 Å². The summed E-state index contributed by atoms with van der Waals surface area (Å²) in [4.78, 5) is 4.64. The van der Waals surface area contributed by atoms with Crippen LogP contribution in [-0.2, 0) is 6.42 Å². The third kappa shape index (κ3) is 1.84. The highest BCUT2D eigenvalue weighted by Gasteiger charge is 2.23. The fourth-order valence-corrected chi connectivity index (χ4v) is 2.43. The van der Waals surface area contributed by atoms with Gasteiger partial charge < -0.3 is 5.43 Å². The number of aromatic nitrogens is 3. The minimum Gasteiger partial charge on any atom is -0.308 e. The monoisotopic (exact) mass is 245 g/mol. The van der Waals surface area contributed by atoms with Crippen LogP contribution in [0.3, 0.4) is 0 Å². The van der Waals surface area contributed by atoms with Crippen LogP contribution in [0.2, 0.25) is 0 Å². The second-order valence-corrected chi connectivity index (χ2v) is 4.99. The van der Waals surface area contributed by atoms with Gasteiger partial charge in [-0.1, -0.05) is 19.8 Å². The first-order chi connectivity index (χ1) is 8.81. The van der Waals surface area contributed by atoms with Crippen LogP contribution >= 0.6 is 0 Å². The van der Waals surface area contributed by atoms with E-state index in [9.17, 15) is 0 Å². The molecule has 0 amide bonds. The fourth-order valence-electron chi connectivity index (χ4n) is 2.43. The predicted molar refractivity (Wildman–Crippen MR) is 71.4 cm³/mol. The number of nitrogens with zero attached hydrogens (tertiary/aromatic N) is 3. The molecule has 1 fully saturated rings. The van der Waals surface area contributed by atoms with Gasteiger partial charge in [0.05, 0.1) is 5.69 Å². The van der Waals surface area contributed by atoms with Gasteiger partial charge in [0.1, 0.15) is 5.82 Å². The van der Waals surface area contributed by atoms with Crippen LogP contribution < -0.4 is 11.3 Å². The summed E-state index contributed by atoms with van der Waals surface area (Å²) in [5.74, 6) is 7.01. The van der Waals surface area contributed by atoms with Crippen LogP contribution in [0, 0.1) is 0 Å². The summed E-state index contributed by atoms with van der Waals surface area (Å²) in [5.41, 5.74) is 5.84. The zero-order valence-electron chi connectivity index (χ0n) is 10.7. The Bertz CT molecular complexity index is 556. The van der Waals surface area contributed by atoms with Gasteiger partial charge in [-0.3, -0.25) is 0 Å². The second kappa shape index (κ2) is 4.57. The topological polar surface area (TPSA) is 68.2 Å². The van der Waals surface area contributed by atoms with E-state index in [2.05, 4.69) is 28.5 Å². The highest BCUT2D eigenvalue weighted by Crippen LogP contribution is 2.36. The summed E-state index contributed by atoms with van der Waals surface area (Å²) >= 11 is 0. The number of nitrogens with two attached hydrogens (primary N) is 1. The van der Waals surface area contributed by atoms with Crippen molar-refractivity contribution >= 4 is 11.5 Å². The van der Waals surface area contributed by atoms with E-state index in [1.54, 1.807) is 0 Å². The molecule has 1 saturated carbocycles. The van der Waals surface area contributed by atoms with Crippen molar-refractivity contribution in [3.8, 4) is 0 Å². The molecule has 2 aromatic heterocycles. The molecule has 1 aliphatic rings. The Morgan fingerprint density at radius 1 is 1.44 bits per heavy atom. The summed E-state index contributed by atoms with van der Waals surface area (Å²) in [6, 6.07) is 4.08. The lowest BCUT2D eigenvalue weighted by Gasteiger charge is -2.22. The Morgan fingerprint density at radius 3 is 2.89 bits per heavy atom. The Balaban J connectivity index is 2.06. The van der Waals surface area contributed by atoms with Crippen LogP contribution in [0.1, 0.15) is 49.9 Å². The molecule has 2 heterocycles. The van der Waals surface area contributed by atoms with Crippen LogP contribution in [0.5, 0.6) is 0 Å². The van der Waals surface area contributed by atoms with E-state index in [0.717, 1.165) is 35.7 Å². The van der Waals surface area contributed by atoms with E-state index in [0.29, 0.717) is 5.92 Å². The number of hydrazine groups is 1. The van der Waals surface area contributed by atoms with Crippen molar-refractivity contribution in [3.05, 3.63) is 23.5 Å². The number of aryl methyl sites for hydroxylation is 1. The van der Waals surface area contributed by atoms with E-state index in [-0.39, 0.29) is 0 Å². The number of fused-ring (bicyclic) bond motifs is 1. The Morgan fingerprint density at radius 2 is 2.28 bits per heavy atom. The molecule has 0 radical (unpaired) electrons. The van der Waals surface area contributed by atoms with E-state index in [4.69, 9.17) is 5.84 Å². The Hall–Kier alpha value is -1.62. The van der Waals surface area contributed by atoms with Gasteiger partial charge in [0, 0.05) is 23.7 Å². The van der Waals surface area contributed by atoms with Gasteiger partial charge in [0.2, 0.25) is 0 Å². The van der Waals surface area contributed by atoms with Crippen molar-refractivity contribution in [1.82, 2.24) is 14.6 Å². The molecule has 96 valence electrons. The Labute approximate surface area is 106 Å². The molecule has 0 bridgehead atoms. The smallest absolute Gasteiger partial charge is 0.157 e. The summed E-state index contributed by atoms with van der Waals surface area (Å²) in [7, 11) is 0. The first-order valence-electron chi connectivity index (χ1n) is 6.68. The molecule has 0 unspecified atom stereocenters. The van der Waals surface area contributed by atoms with Gasteiger partial charge in [-0.15, -0.1) is 0 Å². The zero-order chi connectivity index (χ0) is 12.5. The van der Waals surface area contributed by atoms with Crippen molar-refractivity contribution in [2.75, 3.05) is 5.43 Å². The van der Waals surface area contributed by atoms with Gasteiger partial charge in [-0.25, -0.2) is 10.8 Å². The average molecular weight is 245 g/mol. The van der Waals surface area contributed by atoms with Crippen molar-refractivity contribution < 1.29 is 0 Å². The summed E-state index contributed by atoms with van der Waals surface area (Å²) in [5, 5.41) is 4.62. The predicted octanol–water partition coefficient (Wildman–Crippen LogP) is 2.23. The molecule has 0 saturated heterocycles. The minimum absolute atomic E-state index is 0.618. The number of hydrogen-bond donors (Lipinski definition) is 2. The van der Waals surface area contributed by atoms with Gasteiger partial charge in [-0.05, 0) is 19.3 Å². The molecule has 18 heavy (non-hydrogen) atoms. The Kier molecular flexibility index (Phi) is 2.91. The molecule has 0 atom stereocenters. The van der Waals surface area contributed by atoms with Crippen molar-refractivity contribution in [3.63, 3.8) is 0 Å². The van der Waals surface area contributed by atoms with Crippen LogP contribution in [-0.4, -0.2) is 14.6 Å². The van der Waals surface area contributed by atoms with Gasteiger partial charge >= 0.3 is 0 Å². The SMILES string of the molecule is CCCc1cc(NN)n2nc(C3CCC3)cc2n1. The number of anilines is 1. The number of hydrogen-bond acceptors (Lipinski definition) is 4. The highest BCUT2D eigenvalue weighted by molar-refractivity contribution is 5.50. The zero-order valence-corrected chi connectivity index (χ0v) is 10.7. The molecule has 3 N–H and O–H groups in total. The lowest BCUT2D eigenvalue weighted by atomic mass is 9.83. The average Bonchev–Trinajstić information content (AvgIpc) is 2.69. The second-order valence-electron chi connectivity index (χ2n) is 4.99. The van der Waals surface area contributed by atoms with E-state index in [1.165, 1.54) is 19.3 Å². The summed E-state index contributed by atoms with van der Waals surface area (Å²) in [6.45, 7) is 2.15. The lowest BCUT2D eigenvalue weighted by molar-refractivity contribution is 0.410. The van der Waals surface area contributed by atoms with E-state index >= 15 is 0 Å². The first-order valence-corrected chi connectivity index (χ1v) is 6.68. The normalized spacial score (nSPS) is 15.9. The standard InChI is InChI=1S/C13H19N5/c1-2-4-10-7-13(16-14)18-12(15-10)8-11(17-18)9-5-3-6-9/h7-9,16H,2-6,14H2,1H3. The maximum absolute atomic E-state index is 5.57. The molecule has 1 aliphatic carbocycles. The third-order valence-electron chi connectivity index (χ3n) is 3.68. The maximum Gasteiger partial charge on any atom is 0.157 e. The fraction of sp³-hybridized carbons (Fsp3) is 0.538. The number of nitrogen functional groups attached to an aromatic ring is 1. The number of nitrogens with one attached hydrogen (secondary N) is 1. The van der Waals surface area contributed by atoms with Crippen LogP contribution in [0.15, 0.2) is 12.1 Å². The molecule has 0 aliphatic heterocycles. The van der Waals surface area contributed by atoms with Gasteiger partial charge in [0.15, 0.2) is 5.65 Å². The van der Waals surface area contributed by atoms with Gasteiger partial charge in [-0.2, -0.15) is 9.61 Å². The molecular formula is C13H19N5. The lowest BCUT2D eigenvalue weighted by Crippen LogP contribution is -2.13. The third-order valence-corrected chi connectivity index (χ3v) is 3.68.